The molecule has 1 aromatic carbocycles. The third-order valence-electron chi connectivity index (χ3n) is 6.30. The Balaban J connectivity index is 1.64. The molecule has 0 aromatic heterocycles. The van der Waals surface area contributed by atoms with E-state index >= 15 is 0 Å². The van der Waals surface area contributed by atoms with Gasteiger partial charge in [-0.05, 0) is 12.8 Å². The van der Waals surface area contributed by atoms with E-state index in [1.807, 2.05) is 24.3 Å². The first-order valence-corrected chi connectivity index (χ1v) is 8.01. The molecule has 2 spiro atoms. The van der Waals surface area contributed by atoms with Crippen LogP contribution in [-0.4, -0.2) is 34.7 Å². The van der Waals surface area contributed by atoms with Crippen LogP contribution in [0.3, 0.4) is 0 Å². The summed E-state index contributed by atoms with van der Waals surface area (Å²) in [6.07, 6.45) is 1.82. The molecule has 6 atom stereocenters. The predicted molar refractivity (Wildman–Crippen MR) is 72.9 cm³/mol. The van der Waals surface area contributed by atoms with Crippen LogP contribution in [0.2, 0.25) is 0 Å². The lowest BCUT2D eigenvalue weighted by molar-refractivity contribution is -0.237. The summed E-state index contributed by atoms with van der Waals surface area (Å²) >= 11 is 0. The van der Waals surface area contributed by atoms with Crippen molar-refractivity contribution in [1.29, 1.82) is 0 Å². The molecule has 6 rings (SSSR count). The van der Waals surface area contributed by atoms with E-state index in [-0.39, 0.29) is 18.1 Å². The van der Waals surface area contributed by atoms with Gasteiger partial charge in [0.05, 0.1) is 5.92 Å². The van der Waals surface area contributed by atoms with Crippen LogP contribution in [0.1, 0.15) is 41.6 Å². The molecule has 5 heteroatoms. The van der Waals surface area contributed by atoms with Crippen LogP contribution in [0.4, 0.5) is 0 Å². The molecule has 5 nitrogen and oxygen atoms in total. The number of fused-ring (bicyclic) bond motifs is 2. The first-order chi connectivity index (χ1) is 10.6. The number of hydrogen-bond acceptors (Lipinski definition) is 5. The van der Waals surface area contributed by atoms with E-state index in [0.29, 0.717) is 5.56 Å². The lowest BCUT2D eigenvalue weighted by Gasteiger charge is -2.41. The van der Waals surface area contributed by atoms with Gasteiger partial charge < -0.3 is 19.3 Å². The van der Waals surface area contributed by atoms with Gasteiger partial charge in [-0.2, -0.15) is 0 Å². The molecule has 2 aliphatic carbocycles. The minimum atomic E-state index is -1.32. The van der Waals surface area contributed by atoms with Gasteiger partial charge in [0.25, 0.3) is 0 Å². The van der Waals surface area contributed by atoms with E-state index in [4.69, 9.17) is 14.2 Å². The Labute approximate surface area is 127 Å². The molecule has 0 radical (unpaired) electrons. The largest absolute Gasteiger partial charge is 0.363 e. The highest BCUT2D eigenvalue weighted by Gasteiger charge is 2.85. The van der Waals surface area contributed by atoms with Crippen molar-refractivity contribution in [2.24, 2.45) is 5.92 Å². The summed E-state index contributed by atoms with van der Waals surface area (Å²) in [5.41, 5.74) is 0.660. The van der Waals surface area contributed by atoms with Crippen LogP contribution in [0.25, 0.3) is 0 Å². The quantitative estimate of drug-likeness (QED) is 0.786. The zero-order valence-electron chi connectivity index (χ0n) is 12.0. The highest BCUT2D eigenvalue weighted by atomic mass is 16.8. The number of aliphatic hydroxyl groups is 1. The maximum absolute atomic E-state index is 12.4. The number of ketones is 1. The number of rotatable bonds is 0. The van der Waals surface area contributed by atoms with Crippen LogP contribution in [-0.2, 0) is 19.8 Å². The van der Waals surface area contributed by atoms with Crippen LogP contribution >= 0.6 is 0 Å². The average molecular weight is 300 g/mol. The second-order valence-corrected chi connectivity index (χ2v) is 7.18. The van der Waals surface area contributed by atoms with Gasteiger partial charge in [0.15, 0.2) is 23.3 Å². The van der Waals surface area contributed by atoms with Gasteiger partial charge in [-0.15, -0.1) is 0 Å². The summed E-state index contributed by atoms with van der Waals surface area (Å²) in [7, 11) is 0. The molecule has 3 heterocycles. The van der Waals surface area contributed by atoms with Crippen molar-refractivity contribution in [3.8, 4) is 0 Å². The lowest BCUT2D eigenvalue weighted by atomic mass is 9.71. The molecule has 1 N–H and O–H groups in total. The van der Waals surface area contributed by atoms with Gasteiger partial charge in [0.2, 0.25) is 5.79 Å². The summed E-state index contributed by atoms with van der Waals surface area (Å²) in [5.74, 6) is -2.16. The van der Waals surface area contributed by atoms with Gasteiger partial charge in [-0.3, -0.25) is 4.79 Å². The number of carbonyl (C=O) groups is 1. The van der Waals surface area contributed by atoms with Crippen molar-refractivity contribution in [2.45, 2.75) is 55.1 Å². The lowest BCUT2D eigenvalue weighted by Crippen LogP contribution is -2.56. The minimum absolute atomic E-state index is 0.0471. The van der Waals surface area contributed by atoms with Crippen molar-refractivity contribution < 1.29 is 24.1 Å². The molecule has 6 unspecified atom stereocenters. The van der Waals surface area contributed by atoms with E-state index in [2.05, 4.69) is 0 Å². The highest BCUT2D eigenvalue weighted by Crippen LogP contribution is 2.71. The molecule has 3 aliphatic heterocycles. The fourth-order valence-electron chi connectivity index (χ4n) is 5.56. The van der Waals surface area contributed by atoms with E-state index in [9.17, 15) is 9.90 Å². The molecule has 1 saturated carbocycles. The van der Waals surface area contributed by atoms with Gasteiger partial charge in [-0.1, -0.05) is 24.3 Å². The van der Waals surface area contributed by atoms with Crippen LogP contribution in [0.15, 0.2) is 24.3 Å². The number of carbonyl (C=O) groups excluding carboxylic acids is 1. The second-order valence-electron chi connectivity index (χ2n) is 7.18. The maximum Gasteiger partial charge on any atom is 0.204 e. The standard InChI is InChI=1S/C17H16O5/c18-11-8-13-16(10-5-2-1-4-9(10)11)14-17(19,20-13)12-6-3-7-15(12,21-14)22-16/h1-2,4-5,12-14,19H,3,6-8H2. The van der Waals surface area contributed by atoms with Crippen molar-refractivity contribution in [1.82, 2.24) is 0 Å². The van der Waals surface area contributed by atoms with Gasteiger partial charge >= 0.3 is 0 Å². The monoisotopic (exact) mass is 300 g/mol. The maximum atomic E-state index is 12.4. The second kappa shape index (κ2) is 3.31. The zero-order valence-corrected chi connectivity index (χ0v) is 12.0. The predicted octanol–water partition coefficient (Wildman–Crippen LogP) is 1.48. The summed E-state index contributed by atoms with van der Waals surface area (Å²) in [6.45, 7) is 0. The fraction of sp³-hybridized carbons (Fsp3) is 0.588. The third kappa shape index (κ3) is 1.00. The summed E-state index contributed by atoms with van der Waals surface area (Å²) in [6, 6.07) is 7.51. The van der Waals surface area contributed by atoms with E-state index < -0.39 is 29.4 Å². The summed E-state index contributed by atoms with van der Waals surface area (Å²) < 4.78 is 18.8. The number of benzene rings is 1. The van der Waals surface area contributed by atoms with Gasteiger partial charge in [0.1, 0.15) is 6.10 Å². The number of hydrogen-bond donors (Lipinski definition) is 1. The number of ether oxygens (including phenoxy) is 3. The first kappa shape index (κ1) is 12.2. The van der Waals surface area contributed by atoms with Crippen LogP contribution in [0, 0.1) is 5.92 Å². The summed E-state index contributed by atoms with van der Waals surface area (Å²) in [5, 5.41) is 11.2. The Morgan fingerprint density at radius 1 is 1.23 bits per heavy atom. The van der Waals surface area contributed by atoms with Crippen molar-refractivity contribution in [3.05, 3.63) is 35.4 Å². The highest BCUT2D eigenvalue weighted by molar-refractivity contribution is 5.99. The van der Waals surface area contributed by atoms with Crippen molar-refractivity contribution in [2.75, 3.05) is 0 Å². The smallest absolute Gasteiger partial charge is 0.204 e. The molecule has 5 aliphatic rings. The normalized spacial score (nSPS) is 53.5. The molecule has 1 aromatic rings. The molecule has 0 amide bonds. The Morgan fingerprint density at radius 3 is 3.00 bits per heavy atom. The first-order valence-electron chi connectivity index (χ1n) is 8.01. The third-order valence-corrected chi connectivity index (χ3v) is 6.30. The Hall–Kier alpha value is -1.27. The molecule has 3 saturated heterocycles. The van der Waals surface area contributed by atoms with E-state index in [0.717, 1.165) is 24.8 Å². The fourth-order valence-corrected chi connectivity index (χ4v) is 5.56. The van der Waals surface area contributed by atoms with Crippen LogP contribution in [0.5, 0.6) is 0 Å². The van der Waals surface area contributed by atoms with E-state index in [1.54, 1.807) is 0 Å². The number of Topliss-reactive ketones (excluding diaryl/α,β-unsaturated/α-hetero) is 1. The van der Waals surface area contributed by atoms with E-state index in [1.165, 1.54) is 0 Å². The molecular weight excluding hydrogens is 284 g/mol. The van der Waals surface area contributed by atoms with Gasteiger partial charge in [0, 0.05) is 24.0 Å². The van der Waals surface area contributed by atoms with Gasteiger partial charge in [-0.25, -0.2) is 0 Å². The van der Waals surface area contributed by atoms with Crippen molar-refractivity contribution in [3.63, 3.8) is 0 Å². The average Bonchev–Trinajstić information content (AvgIpc) is 3.17. The summed E-state index contributed by atoms with van der Waals surface area (Å²) in [4.78, 5) is 12.4. The SMILES string of the molecule is O=C1CC2OC3(O)C4CCCC45OC3C2(O5)c2ccccc21. The minimum Gasteiger partial charge on any atom is -0.363 e. The molecule has 2 bridgehead atoms. The Bertz CT molecular complexity index is 732. The molecular formula is C17H16O5. The molecule has 114 valence electrons. The topological polar surface area (TPSA) is 65.0 Å². The molecule has 4 fully saturated rings. The zero-order chi connectivity index (χ0) is 14.7. The van der Waals surface area contributed by atoms with Crippen LogP contribution < -0.4 is 0 Å². The molecule has 22 heavy (non-hydrogen) atoms. The Kier molecular flexibility index (Phi) is 1.83. The van der Waals surface area contributed by atoms with Crippen molar-refractivity contribution >= 4 is 5.78 Å². The Morgan fingerprint density at radius 2 is 2.09 bits per heavy atom.